The minimum atomic E-state index is 0.340. The average molecular weight is 324 g/mol. The predicted molar refractivity (Wildman–Crippen MR) is 96.8 cm³/mol. The third-order valence-corrected chi connectivity index (χ3v) is 6.80. The summed E-state index contributed by atoms with van der Waals surface area (Å²) in [5, 5.41) is 0. The molecule has 22 heavy (non-hydrogen) atoms. The van der Waals surface area contributed by atoms with Crippen LogP contribution in [0.4, 0.5) is 0 Å². The second-order valence-electron chi connectivity index (χ2n) is 7.87. The largest absolute Gasteiger partial charge is 0.275 e. The van der Waals surface area contributed by atoms with Gasteiger partial charge in [-0.25, -0.2) is 0 Å². The van der Waals surface area contributed by atoms with Crippen molar-refractivity contribution in [2.75, 3.05) is 6.16 Å². The van der Waals surface area contributed by atoms with Gasteiger partial charge in [0.15, 0.2) is 8.46 Å². The van der Waals surface area contributed by atoms with E-state index < -0.39 is 0 Å². The summed E-state index contributed by atoms with van der Waals surface area (Å²) in [4.78, 5) is 0. The van der Waals surface area contributed by atoms with E-state index >= 15 is 0 Å². The molecule has 0 aromatic rings. The summed E-state index contributed by atoms with van der Waals surface area (Å²) in [6.07, 6.45) is 24.2. The maximum Gasteiger partial charge on any atom is 0.155 e. The molecule has 1 nitrogen and oxygen atoms in total. The van der Waals surface area contributed by atoms with Crippen LogP contribution in [0.3, 0.4) is 0 Å². The Morgan fingerprint density at radius 2 is 1.18 bits per heavy atom. The summed E-state index contributed by atoms with van der Waals surface area (Å²) in [5.74, 6) is 3.19. The number of hydrogen-bond donors (Lipinski definition) is 0. The Kier molecular flexibility index (Phi) is 9.73. The maximum absolute atomic E-state index is 10.4. The third kappa shape index (κ3) is 6.69. The van der Waals surface area contributed by atoms with Gasteiger partial charge >= 0.3 is 0 Å². The molecule has 0 spiro atoms. The van der Waals surface area contributed by atoms with Crippen LogP contribution in [0.25, 0.3) is 0 Å². The average Bonchev–Trinajstić information content (AvgIpc) is 2.59. The highest BCUT2D eigenvalue weighted by Crippen LogP contribution is 2.42. The fourth-order valence-electron chi connectivity index (χ4n) is 5.07. The lowest BCUT2D eigenvalue weighted by Gasteiger charge is -2.38. The Balaban J connectivity index is 1.70. The summed E-state index contributed by atoms with van der Waals surface area (Å²) in [6, 6.07) is 0. The topological polar surface area (TPSA) is 17.1 Å². The smallest absolute Gasteiger partial charge is 0.155 e. The van der Waals surface area contributed by atoms with Crippen molar-refractivity contribution in [1.29, 1.82) is 0 Å². The molecular weight excluding hydrogens is 287 g/mol. The van der Waals surface area contributed by atoms with Gasteiger partial charge in [0, 0.05) is 6.16 Å². The number of hydrogen-bond acceptors (Lipinski definition) is 1. The second kappa shape index (κ2) is 11.6. The molecule has 0 bridgehead atoms. The quantitative estimate of drug-likeness (QED) is 0.302. The molecule has 0 aromatic carbocycles. The van der Waals surface area contributed by atoms with Gasteiger partial charge in [-0.15, -0.1) is 0 Å². The highest BCUT2D eigenvalue weighted by molar-refractivity contribution is 7.23. The fourth-order valence-corrected chi connectivity index (χ4v) is 5.42. The monoisotopic (exact) mass is 324 g/mol. The standard InChI is InChI=1S/C20H37OP/c21-22-17-11-3-1-2-10-16-20(18-12-6-4-7-13-18)19-14-8-5-9-15-19/h18-20H,1-17H2. The zero-order chi connectivity index (χ0) is 15.5. The Hall–Kier alpha value is 0.100. The van der Waals surface area contributed by atoms with E-state index in [0.29, 0.717) is 8.46 Å². The maximum atomic E-state index is 10.4. The summed E-state index contributed by atoms with van der Waals surface area (Å²) in [5.41, 5.74) is 0. The van der Waals surface area contributed by atoms with E-state index in [1.807, 2.05) is 0 Å². The highest BCUT2D eigenvalue weighted by atomic mass is 31.1. The van der Waals surface area contributed by atoms with Gasteiger partial charge in [0.05, 0.1) is 0 Å². The van der Waals surface area contributed by atoms with Crippen LogP contribution in [-0.2, 0) is 4.57 Å². The summed E-state index contributed by atoms with van der Waals surface area (Å²) < 4.78 is 10.4. The van der Waals surface area contributed by atoms with Crippen LogP contribution >= 0.6 is 8.46 Å². The zero-order valence-corrected chi connectivity index (χ0v) is 15.5. The first-order valence-electron chi connectivity index (χ1n) is 10.2. The molecule has 0 saturated heterocycles. The Morgan fingerprint density at radius 3 is 1.73 bits per heavy atom. The van der Waals surface area contributed by atoms with Crippen LogP contribution < -0.4 is 0 Å². The lowest BCUT2D eigenvalue weighted by molar-refractivity contribution is 0.131. The first-order valence-corrected chi connectivity index (χ1v) is 11.2. The van der Waals surface area contributed by atoms with E-state index in [1.54, 1.807) is 0 Å². The van der Waals surface area contributed by atoms with Gasteiger partial charge in [-0.3, -0.25) is 4.57 Å². The minimum Gasteiger partial charge on any atom is -0.275 e. The van der Waals surface area contributed by atoms with Crippen molar-refractivity contribution in [3.05, 3.63) is 0 Å². The molecule has 2 aliphatic rings. The van der Waals surface area contributed by atoms with Crippen LogP contribution in [0, 0.1) is 17.8 Å². The molecule has 2 fully saturated rings. The van der Waals surface area contributed by atoms with Crippen molar-refractivity contribution < 1.29 is 4.57 Å². The first kappa shape index (κ1) is 18.4. The van der Waals surface area contributed by atoms with Crippen LogP contribution in [0.5, 0.6) is 0 Å². The highest BCUT2D eigenvalue weighted by Gasteiger charge is 2.30. The van der Waals surface area contributed by atoms with E-state index in [4.69, 9.17) is 0 Å². The molecule has 2 heteroatoms. The minimum absolute atomic E-state index is 0.340. The normalized spacial score (nSPS) is 21.7. The third-order valence-electron chi connectivity index (χ3n) is 6.30. The van der Waals surface area contributed by atoms with Crippen LogP contribution in [0.1, 0.15) is 103 Å². The van der Waals surface area contributed by atoms with Crippen molar-refractivity contribution in [1.82, 2.24) is 0 Å². The molecule has 0 aromatic heterocycles. The van der Waals surface area contributed by atoms with E-state index in [9.17, 15) is 4.57 Å². The Morgan fingerprint density at radius 1 is 0.682 bits per heavy atom. The lowest BCUT2D eigenvalue weighted by Crippen LogP contribution is -2.27. The van der Waals surface area contributed by atoms with Gasteiger partial charge in [0.2, 0.25) is 0 Å². The molecule has 0 radical (unpaired) electrons. The van der Waals surface area contributed by atoms with Gasteiger partial charge in [0.25, 0.3) is 0 Å². The van der Waals surface area contributed by atoms with Crippen molar-refractivity contribution >= 4 is 8.46 Å². The van der Waals surface area contributed by atoms with Crippen molar-refractivity contribution in [3.63, 3.8) is 0 Å². The van der Waals surface area contributed by atoms with E-state index in [2.05, 4.69) is 0 Å². The van der Waals surface area contributed by atoms with Gasteiger partial charge in [-0.2, -0.15) is 0 Å². The predicted octanol–water partition coefficient (Wildman–Crippen LogP) is 7.40. The van der Waals surface area contributed by atoms with E-state index in [0.717, 1.165) is 30.3 Å². The molecule has 0 unspecified atom stereocenters. The summed E-state index contributed by atoms with van der Waals surface area (Å²) >= 11 is 0. The SMILES string of the molecule is O=PCCCCCCCC(C1CCCCC1)C1CCCCC1. The molecule has 0 atom stereocenters. The molecular formula is C20H37OP. The van der Waals surface area contributed by atoms with Crippen molar-refractivity contribution in [3.8, 4) is 0 Å². The molecule has 0 amide bonds. The van der Waals surface area contributed by atoms with Gasteiger partial charge < -0.3 is 0 Å². The van der Waals surface area contributed by atoms with Crippen LogP contribution in [0.15, 0.2) is 0 Å². The molecule has 128 valence electrons. The Labute approximate surface area is 140 Å². The summed E-state index contributed by atoms with van der Waals surface area (Å²) in [7, 11) is 0.340. The summed E-state index contributed by atoms with van der Waals surface area (Å²) in [6.45, 7) is 0. The Bertz CT molecular complexity index is 261. The van der Waals surface area contributed by atoms with E-state index in [1.165, 1.54) is 96.3 Å². The van der Waals surface area contributed by atoms with Crippen LogP contribution in [0.2, 0.25) is 0 Å². The molecule has 2 aliphatic carbocycles. The first-order chi connectivity index (χ1) is 10.9. The molecule has 2 rings (SSSR count). The fraction of sp³-hybridized carbons (Fsp3) is 1.00. The van der Waals surface area contributed by atoms with Crippen molar-refractivity contribution in [2.45, 2.75) is 103 Å². The van der Waals surface area contributed by atoms with Crippen LogP contribution in [-0.4, -0.2) is 6.16 Å². The van der Waals surface area contributed by atoms with Gasteiger partial charge in [-0.05, 0) is 30.6 Å². The van der Waals surface area contributed by atoms with Gasteiger partial charge in [-0.1, -0.05) is 89.9 Å². The second-order valence-corrected chi connectivity index (χ2v) is 8.57. The number of unbranched alkanes of at least 4 members (excludes halogenated alkanes) is 4. The zero-order valence-electron chi connectivity index (χ0n) is 14.6. The number of rotatable bonds is 10. The molecule has 0 N–H and O–H groups in total. The van der Waals surface area contributed by atoms with Gasteiger partial charge in [0.1, 0.15) is 0 Å². The van der Waals surface area contributed by atoms with Crippen molar-refractivity contribution in [2.24, 2.45) is 17.8 Å². The van der Waals surface area contributed by atoms with E-state index in [-0.39, 0.29) is 0 Å². The lowest BCUT2D eigenvalue weighted by atomic mass is 9.68. The molecule has 2 saturated carbocycles. The molecule has 0 aliphatic heterocycles. The molecule has 0 heterocycles.